The third-order valence-corrected chi connectivity index (χ3v) is 4.26. The van der Waals surface area contributed by atoms with Gasteiger partial charge in [-0.05, 0) is 18.9 Å². The second-order valence-electron chi connectivity index (χ2n) is 5.63. The summed E-state index contributed by atoms with van der Waals surface area (Å²) < 4.78 is 5.19. The van der Waals surface area contributed by atoms with Gasteiger partial charge in [0.25, 0.3) is 11.5 Å². The first-order chi connectivity index (χ1) is 11.1. The number of nitrogens with zero attached hydrogens (tertiary/aromatic N) is 2. The van der Waals surface area contributed by atoms with Gasteiger partial charge >= 0.3 is 0 Å². The second kappa shape index (κ2) is 6.95. The first-order valence-corrected chi connectivity index (χ1v) is 8.00. The van der Waals surface area contributed by atoms with Gasteiger partial charge in [-0.25, -0.2) is 0 Å². The standard InChI is InChI=1S/C15H17ClN4O3/c16-11-6-10(7-17-15(11)22)14(21)18-8-12-19-13(20-23-12)9-4-2-1-3-5-9/h6-7,9H,1-5,8H2,(H,17,22)(H,18,21). The number of amides is 1. The Morgan fingerprint density at radius 3 is 2.91 bits per heavy atom. The van der Waals surface area contributed by atoms with Crippen LogP contribution in [0.3, 0.4) is 0 Å². The summed E-state index contributed by atoms with van der Waals surface area (Å²) in [6.45, 7) is 0.134. The third-order valence-electron chi connectivity index (χ3n) is 3.97. The minimum absolute atomic E-state index is 0.0324. The smallest absolute Gasteiger partial charge is 0.266 e. The van der Waals surface area contributed by atoms with Crippen molar-refractivity contribution >= 4 is 17.5 Å². The molecule has 2 aromatic heterocycles. The summed E-state index contributed by atoms with van der Waals surface area (Å²) >= 11 is 5.70. The Morgan fingerprint density at radius 2 is 2.17 bits per heavy atom. The quantitative estimate of drug-likeness (QED) is 0.892. The second-order valence-corrected chi connectivity index (χ2v) is 6.04. The molecule has 1 aliphatic rings. The zero-order valence-corrected chi connectivity index (χ0v) is 13.2. The lowest BCUT2D eigenvalue weighted by Crippen LogP contribution is -2.24. The molecular weight excluding hydrogens is 320 g/mol. The van der Waals surface area contributed by atoms with E-state index in [1.54, 1.807) is 0 Å². The summed E-state index contributed by atoms with van der Waals surface area (Å²) in [6.07, 6.45) is 7.13. The number of pyridine rings is 1. The van der Waals surface area contributed by atoms with Crippen LogP contribution in [-0.2, 0) is 6.54 Å². The Labute approximate surface area is 137 Å². The van der Waals surface area contributed by atoms with E-state index < -0.39 is 5.56 Å². The molecule has 1 saturated carbocycles. The largest absolute Gasteiger partial charge is 0.343 e. The number of halogens is 1. The number of hydrogen-bond donors (Lipinski definition) is 2. The topological polar surface area (TPSA) is 101 Å². The molecule has 0 unspecified atom stereocenters. The highest BCUT2D eigenvalue weighted by atomic mass is 35.5. The van der Waals surface area contributed by atoms with Crippen LogP contribution in [0.2, 0.25) is 5.02 Å². The van der Waals surface area contributed by atoms with E-state index >= 15 is 0 Å². The minimum Gasteiger partial charge on any atom is -0.343 e. The number of carbonyl (C=O) groups excluding carboxylic acids is 1. The lowest BCUT2D eigenvalue weighted by molar-refractivity contribution is 0.0946. The van der Waals surface area contributed by atoms with E-state index in [1.165, 1.54) is 31.5 Å². The molecule has 0 spiro atoms. The highest BCUT2D eigenvalue weighted by Crippen LogP contribution is 2.30. The molecule has 0 bridgehead atoms. The molecule has 0 atom stereocenters. The fourth-order valence-electron chi connectivity index (χ4n) is 2.71. The summed E-state index contributed by atoms with van der Waals surface area (Å²) in [7, 11) is 0. The van der Waals surface area contributed by atoms with Gasteiger partial charge in [0.05, 0.1) is 12.1 Å². The molecule has 23 heavy (non-hydrogen) atoms. The predicted molar refractivity (Wildman–Crippen MR) is 83.4 cm³/mol. The molecule has 0 radical (unpaired) electrons. The number of rotatable bonds is 4. The molecule has 0 aromatic carbocycles. The van der Waals surface area contributed by atoms with Crippen molar-refractivity contribution in [3.63, 3.8) is 0 Å². The Hall–Kier alpha value is -2.15. The Balaban J connectivity index is 1.59. The Bertz CT molecular complexity index is 749. The number of nitrogens with one attached hydrogen (secondary N) is 2. The highest BCUT2D eigenvalue weighted by molar-refractivity contribution is 6.30. The SMILES string of the molecule is O=C(NCc1nc(C2CCCCC2)no1)c1c[nH]c(=O)c(Cl)c1. The molecule has 122 valence electrons. The van der Waals surface area contributed by atoms with Crippen LogP contribution in [0, 0.1) is 0 Å². The van der Waals surface area contributed by atoms with E-state index in [0.29, 0.717) is 11.8 Å². The third kappa shape index (κ3) is 3.79. The van der Waals surface area contributed by atoms with E-state index in [2.05, 4.69) is 20.4 Å². The molecule has 3 rings (SSSR count). The van der Waals surface area contributed by atoms with Gasteiger partial charge in [-0.15, -0.1) is 0 Å². The van der Waals surface area contributed by atoms with Gasteiger partial charge in [0.2, 0.25) is 5.89 Å². The Morgan fingerprint density at radius 1 is 1.39 bits per heavy atom. The van der Waals surface area contributed by atoms with Crippen molar-refractivity contribution in [2.45, 2.75) is 44.6 Å². The molecule has 1 fully saturated rings. The summed E-state index contributed by atoms with van der Waals surface area (Å²) in [5, 5.41) is 6.64. The molecule has 8 heteroatoms. The van der Waals surface area contributed by atoms with E-state index in [1.807, 2.05) is 0 Å². The summed E-state index contributed by atoms with van der Waals surface area (Å²) in [4.78, 5) is 29.9. The van der Waals surface area contributed by atoms with Crippen LogP contribution in [0.25, 0.3) is 0 Å². The van der Waals surface area contributed by atoms with Crippen LogP contribution < -0.4 is 10.9 Å². The van der Waals surface area contributed by atoms with Crippen molar-refractivity contribution in [2.24, 2.45) is 0 Å². The Kier molecular flexibility index (Phi) is 4.76. The van der Waals surface area contributed by atoms with E-state index in [-0.39, 0.29) is 23.0 Å². The monoisotopic (exact) mass is 336 g/mol. The van der Waals surface area contributed by atoms with Crippen molar-refractivity contribution in [3.05, 3.63) is 44.9 Å². The number of hydrogen-bond acceptors (Lipinski definition) is 5. The van der Waals surface area contributed by atoms with Gasteiger partial charge in [-0.1, -0.05) is 36.0 Å². The zero-order valence-electron chi connectivity index (χ0n) is 12.5. The van der Waals surface area contributed by atoms with Gasteiger partial charge < -0.3 is 14.8 Å². The van der Waals surface area contributed by atoms with Gasteiger partial charge in [0, 0.05) is 12.1 Å². The molecule has 1 aliphatic carbocycles. The van der Waals surface area contributed by atoms with Crippen LogP contribution in [0.5, 0.6) is 0 Å². The number of carbonyl (C=O) groups is 1. The first-order valence-electron chi connectivity index (χ1n) is 7.62. The molecule has 0 saturated heterocycles. The predicted octanol–water partition coefficient (Wildman–Crippen LogP) is 2.39. The fraction of sp³-hybridized carbons (Fsp3) is 0.467. The molecule has 0 aliphatic heterocycles. The molecule has 1 amide bonds. The van der Waals surface area contributed by atoms with E-state index in [4.69, 9.17) is 16.1 Å². The lowest BCUT2D eigenvalue weighted by Gasteiger charge is -2.17. The van der Waals surface area contributed by atoms with Crippen LogP contribution in [0.15, 0.2) is 21.6 Å². The van der Waals surface area contributed by atoms with E-state index in [0.717, 1.165) is 18.7 Å². The van der Waals surface area contributed by atoms with Gasteiger partial charge in [-0.3, -0.25) is 9.59 Å². The molecule has 2 heterocycles. The number of aromatic nitrogens is 3. The van der Waals surface area contributed by atoms with Crippen molar-refractivity contribution in [1.82, 2.24) is 20.4 Å². The first kappa shape index (κ1) is 15.7. The zero-order chi connectivity index (χ0) is 16.2. The molecule has 2 aromatic rings. The van der Waals surface area contributed by atoms with Gasteiger partial charge in [0.15, 0.2) is 5.82 Å². The minimum atomic E-state index is -0.433. The van der Waals surface area contributed by atoms with Crippen LogP contribution >= 0.6 is 11.6 Å². The average Bonchev–Trinajstić information content (AvgIpc) is 3.05. The maximum absolute atomic E-state index is 12.0. The van der Waals surface area contributed by atoms with Crippen LogP contribution in [0.1, 0.15) is 60.1 Å². The molecule has 2 N–H and O–H groups in total. The van der Waals surface area contributed by atoms with Crippen molar-refractivity contribution in [3.8, 4) is 0 Å². The maximum atomic E-state index is 12.0. The number of aromatic amines is 1. The fourth-order valence-corrected chi connectivity index (χ4v) is 2.88. The molecule has 7 nitrogen and oxygen atoms in total. The maximum Gasteiger partial charge on any atom is 0.266 e. The average molecular weight is 337 g/mol. The lowest BCUT2D eigenvalue weighted by atomic mass is 9.89. The summed E-state index contributed by atoms with van der Waals surface area (Å²) in [6, 6.07) is 1.32. The van der Waals surface area contributed by atoms with Crippen molar-refractivity contribution in [2.75, 3.05) is 0 Å². The molecular formula is C15H17ClN4O3. The van der Waals surface area contributed by atoms with Crippen molar-refractivity contribution < 1.29 is 9.32 Å². The summed E-state index contributed by atoms with van der Waals surface area (Å²) in [5.41, 5.74) is -0.168. The normalized spacial score (nSPS) is 15.5. The number of H-pyrrole nitrogens is 1. The van der Waals surface area contributed by atoms with E-state index in [9.17, 15) is 9.59 Å². The highest BCUT2D eigenvalue weighted by Gasteiger charge is 2.21. The van der Waals surface area contributed by atoms with Crippen LogP contribution in [0.4, 0.5) is 0 Å². The van der Waals surface area contributed by atoms with Crippen molar-refractivity contribution in [1.29, 1.82) is 0 Å². The summed E-state index contributed by atoms with van der Waals surface area (Å²) in [5.74, 6) is 1.08. The van der Waals surface area contributed by atoms with Crippen LogP contribution in [-0.4, -0.2) is 21.0 Å². The van der Waals surface area contributed by atoms with Gasteiger partial charge in [0.1, 0.15) is 5.02 Å². The van der Waals surface area contributed by atoms with Gasteiger partial charge in [-0.2, -0.15) is 4.98 Å².